The Kier molecular flexibility index (Phi) is 5.76. The third-order valence-electron chi connectivity index (χ3n) is 3.75. The maximum absolute atomic E-state index is 11.5. The summed E-state index contributed by atoms with van der Waals surface area (Å²) in [5.74, 6) is 0. The Morgan fingerprint density at radius 2 is 2.04 bits per heavy atom. The molecule has 24 heavy (non-hydrogen) atoms. The number of rotatable bonds is 7. The molecule has 0 aliphatic carbocycles. The van der Waals surface area contributed by atoms with Crippen LogP contribution in [0.1, 0.15) is 17.7 Å². The summed E-state index contributed by atoms with van der Waals surface area (Å²) in [5, 5.41) is 4.39. The van der Waals surface area contributed by atoms with E-state index in [1.54, 1.807) is 16.9 Å². The van der Waals surface area contributed by atoms with E-state index in [0.29, 0.717) is 28.1 Å². The summed E-state index contributed by atoms with van der Waals surface area (Å²) in [6.07, 6.45) is 1.76. The molecule has 1 atom stereocenters. The molecule has 2 rings (SSSR count). The Balaban J connectivity index is 2.24. The molecule has 1 N–H and O–H groups in total. The summed E-state index contributed by atoms with van der Waals surface area (Å²) in [4.78, 5) is 0. The van der Waals surface area contributed by atoms with Crippen LogP contribution in [0.25, 0.3) is 10.9 Å². The normalized spacial score (nSPS) is 14.2. The second-order valence-electron chi connectivity index (χ2n) is 7.11. The average Bonchev–Trinajstić information content (AvgIpc) is 2.82. The minimum Gasteiger partial charge on any atom is -0.360 e. The largest absolute Gasteiger partial charge is 0.360 e. The standard InChI is InChI=1S/C15H23ClN2O4SSi/c1-11(23(19,20)21)14-8-13(16)7-12-9-18(17-15(12)14)10-22-5-6-24(2,3)4/h7-9,11H,5-6,10H2,1-4H3,(H,19,20,21). The first-order chi connectivity index (χ1) is 11.0. The van der Waals surface area contributed by atoms with E-state index in [1.165, 1.54) is 13.0 Å². The van der Waals surface area contributed by atoms with Crippen molar-refractivity contribution < 1.29 is 17.7 Å². The molecule has 1 heterocycles. The highest BCUT2D eigenvalue weighted by Crippen LogP contribution is 2.31. The summed E-state index contributed by atoms with van der Waals surface area (Å²) in [6.45, 7) is 9.21. The third kappa shape index (κ3) is 5.03. The zero-order chi connectivity index (χ0) is 18.1. The average molecular weight is 391 g/mol. The van der Waals surface area contributed by atoms with E-state index in [0.717, 1.165) is 6.04 Å². The third-order valence-corrected chi connectivity index (χ3v) is 6.82. The first-order valence-electron chi connectivity index (χ1n) is 7.68. The maximum atomic E-state index is 11.5. The number of benzene rings is 1. The van der Waals surface area contributed by atoms with Gasteiger partial charge in [0.25, 0.3) is 10.1 Å². The van der Waals surface area contributed by atoms with Crippen molar-refractivity contribution in [3.63, 3.8) is 0 Å². The van der Waals surface area contributed by atoms with Crippen molar-refractivity contribution in [2.75, 3.05) is 6.61 Å². The predicted octanol–water partition coefficient (Wildman–Crippen LogP) is 3.95. The lowest BCUT2D eigenvalue weighted by Gasteiger charge is -2.15. The Hall–Kier alpha value is -0.933. The van der Waals surface area contributed by atoms with Gasteiger partial charge in [-0.15, -0.1) is 0 Å². The van der Waals surface area contributed by atoms with Gasteiger partial charge in [-0.05, 0) is 25.1 Å². The molecular weight excluding hydrogens is 368 g/mol. The van der Waals surface area contributed by atoms with Gasteiger partial charge >= 0.3 is 0 Å². The number of hydrogen-bond acceptors (Lipinski definition) is 4. The van der Waals surface area contributed by atoms with Crippen molar-refractivity contribution in [1.82, 2.24) is 9.78 Å². The topological polar surface area (TPSA) is 81.4 Å². The van der Waals surface area contributed by atoms with Crippen molar-refractivity contribution in [3.05, 3.63) is 28.9 Å². The van der Waals surface area contributed by atoms with Crippen LogP contribution in [0.4, 0.5) is 0 Å². The SMILES string of the molecule is CC(c1cc(Cl)cc2cn(COCC[Si](C)(C)C)nc12)S(=O)(=O)O. The predicted molar refractivity (Wildman–Crippen MR) is 98.8 cm³/mol. The van der Waals surface area contributed by atoms with Crippen LogP contribution in [0.5, 0.6) is 0 Å². The molecule has 6 nitrogen and oxygen atoms in total. The zero-order valence-corrected chi connectivity index (χ0v) is 16.9. The lowest BCUT2D eigenvalue weighted by molar-refractivity contribution is 0.0791. The van der Waals surface area contributed by atoms with Gasteiger partial charge in [0.15, 0.2) is 0 Å². The van der Waals surface area contributed by atoms with Gasteiger partial charge in [0.05, 0.1) is 5.52 Å². The molecule has 0 aliphatic heterocycles. The van der Waals surface area contributed by atoms with Crippen LogP contribution >= 0.6 is 11.6 Å². The Labute approximate surface area is 148 Å². The van der Waals surface area contributed by atoms with Crippen molar-refractivity contribution in [1.29, 1.82) is 0 Å². The number of ether oxygens (including phenoxy) is 1. The number of hydrogen-bond donors (Lipinski definition) is 1. The molecule has 1 aromatic heterocycles. The van der Waals surface area contributed by atoms with Crippen LogP contribution in [0.2, 0.25) is 30.7 Å². The van der Waals surface area contributed by atoms with E-state index in [9.17, 15) is 13.0 Å². The van der Waals surface area contributed by atoms with Gasteiger partial charge in [-0.25, -0.2) is 4.68 Å². The molecule has 0 aliphatic rings. The quantitative estimate of drug-likeness (QED) is 0.439. The molecule has 0 fully saturated rings. The summed E-state index contributed by atoms with van der Waals surface area (Å²) in [5.41, 5.74) is 0.874. The Bertz CT molecular complexity index is 830. The van der Waals surface area contributed by atoms with Gasteiger partial charge in [0, 0.05) is 36.8 Å². The lowest BCUT2D eigenvalue weighted by atomic mass is 10.1. The fourth-order valence-corrected chi connectivity index (χ4v) is 3.74. The highest BCUT2D eigenvalue weighted by atomic mass is 35.5. The van der Waals surface area contributed by atoms with Crippen LogP contribution in [0, 0.1) is 0 Å². The van der Waals surface area contributed by atoms with E-state index >= 15 is 0 Å². The number of fused-ring (bicyclic) bond motifs is 1. The van der Waals surface area contributed by atoms with Gasteiger partial charge in [-0.2, -0.15) is 13.5 Å². The van der Waals surface area contributed by atoms with Gasteiger partial charge in [-0.1, -0.05) is 31.2 Å². The minimum atomic E-state index is -4.23. The van der Waals surface area contributed by atoms with E-state index < -0.39 is 23.4 Å². The molecule has 1 aromatic carbocycles. The summed E-state index contributed by atoms with van der Waals surface area (Å²) in [7, 11) is -5.37. The van der Waals surface area contributed by atoms with Crippen LogP contribution in [-0.4, -0.2) is 37.4 Å². The monoisotopic (exact) mass is 390 g/mol. The molecule has 0 amide bonds. The highest BCUT2D eigenvalue weighted by Gasteiger charge is 2.24. The van der Waals surface area contributed by atoms with E-state index in [4.69, 9.17) is 16.3 Å². The molecular formula is C15H23ClN2O4SSi. The first-order valence-corrected chi connectivity index (χ1v) is 13.3. The van der Waals surface area contributed by atoms with Gasteiger partial charge in [0.1, 0.15) is 12.0 Å². The number of halogens is 1. The molecule has 2 aromatic rings. The van der Waals surface area contributed by atoms with Gasteiger partial charge in [-0.3, -0.25) is 4.55 Å². The van der Waals surface area contributed by atoms with Crippen molar-refractivity contribution in [3.8, 4) is 0 Å². The fraction of sp³-hybridized carbons (Fsp3) is 0.533. The second kappa shape index (κ2) is 7.13. The maximum Gasteiger partial charge on any atom is 0.271 e. The molecule has 9 heteroatoms. The first kappa shape index (κ1) is 19.4. The lowest BCUT2D eigenvalue weighted by Crippen LogP contribution is -2.22. The summed E-state index contributed by atoms with van der Waals surface area (Å²) in [6, 6.07) is 4.29. The number of aromatic nitrogens is 2. The molecule has 0 radical (unpaired) electrons. The van der Waals surface area contributed by atoms with Crippen LogP contribution in [0.3, 0.4) is 0 Å². The number of nitrogens with zero attached hydrogens (tertiary/aromatic N) is 2. The molecule has 134 valence electrons. The van der Waals surface area contributed by atoms with Crippen LogP contribution in [-0.2, 0) is 21.6 Å². The van der Waals surface area contributed by atoms with Crippen LogP contribution in [0.15, 0.2) is 18.3 Å². The molecule has 1 unspecified atom stereocenters. The van der Waals surface area contributed by atoms with E-state index in [-0.39, 0.29) is 6.73 Å². The van der Waals surface area contributed by atoms with E-state index in [2.05, 4.69) is 24.7 Å². The van der Waals surface area contributed by atoms with Gasteiger partial charge < -0.3 is 4.74 Å². The fourth-order valence-electron chi connectivity index (χ4n) is 2.25. The minimum absolute atomic E-state index is 0.288. The highest BCUT2D eigenvalue weighted by molar-refractivity contribution is 7.86. The molecule has 0 spiro atoms. The van der Waals surface area contributed by atoms with Gasteiger partial charge in [0.2, 0.25) is 0 Å². The zero-order valence-electron chi connectivity index (χ0n) is 14.3. The van der Waals surface area contributed by atoms with E-state index in [1.807, 2.05) is 0 Å². The van der Waals surface area contributed by atoms with Crippen molar-refractivity contribution in [2.45, 2.75) is 44.6 Å². The summed E-state index contributed by atoms with van der Waals surface area (Å²) >= 11 is 6.06. The summed E-state index contributed by atoms with van der Waals surface area (Å²) < 4.78 is 39.5. The molecule has 0 bridgehead atoms. The van der Waals surface area contributed by atoms with Crippen molar-refractivity contribution >= 4 is 40.7 Å². The Morgan fingerprint density at radius 1 is 1.38 bits per heavy atom. The van der Waals surface area contributed by atoms with Crippen molar-refractivity contribution in [2.24, 2.45) is 0 Å². The smallest absolute Gasteiger partial charge is 0.271 e. The Morgan fingerprint density at radius 3 is 2.62 bits per heavy atom. The second-order valence-corrected chi connectivity index (χ2v) is 14.9. The van der Waals surface area contributed by atoms with Crippen LogP contribution < -0.4 is 0 Å². The molecule has 0 saturated carbocycles. The molecule has 0 saturated heterocycles.